The van der Waals surface area contributed by atoms with Gasteiger partial charge in [-0.15, -0.1) is 0 Å². The molecule has 1 aliphatic heterocycles. The Morgan fingerprint density at radius 3 is 2.39 bits per heavy atom. The molecule has 2 aromatic carbocycles. The Morgan fingerprint density at radius 2 is 1.71 bits per heavy atom. The molecule has 1 saturated heterocycles. The van der Waals surface area contributed by atoms with Crippen molar-refractivity contribution in [1.29, 1.82) is 0 Å². The molecular weight excluding hydrogens is 350 g/mol. The molecule has 0 aliphatic carbocycles. The summed E-state index contributed by atoms with van der Waals surface area (Å²) in [6.45, 7) is 10.4. The van der Waals surface area contributed by atoms with Gasteiger partial charge in [0.25, 0.3) is 5.91 Å². The monoisotopic (exact) mass is 381 g/mol. The summed E-state index contributed by atoms with van der Waals surface area (Å²) in [5.41, 5.74) is 3.82. The third-order valence-electron chi connectivity index (χ3n) is 5.36. The van der Waals surface area contributed by atoms with Crippen LogP contribution in [0.25, 0.3) is 0 Å². The highest BCUT2D eigenvalue weighted by Gasteiger charge is 2.13. The van der Waals surface area contributed by atoms with Crippen molar-refractivity contribution in [2.45, 2.75) is 20.3 Å². The van der Waals surface area contributed by atoms with Gasteiger partial charge in [-0.3, -0.25) is 4.79 Å². The molecule has 0 aromatic heterocycles. The fraction of sp³-hybridized carbons (Fsp3) is 0.435. The standard InChI is InChI=1S/C23H31N3O2/c1-18-5-8-21(17-19(18)2)24-23(27)20-6-9-22(10-7-20)28-16-4-11-26-14-12-25(3)13-15-26/h5-10,17H,4,11-16H2,1-3H3,(H,24,27). The largest absolute Gasteiger partial charge is 0.494 e. The molecule has 5 heteroatoms. The fourth-order valence-corrected chi connectivity index (χ4v) is 3.27. The summed E-state index contributed by atoms with van der Waals surface area (Å²) < 4.78 is 5.83. The Morgan fingerprint density at radius 1 is 1.00 bits per heavy atom. The number of aryl methyl sites for hydroxylation is 2. The van der Waals surface area contributed by atoms with Gasteiger partial charge in [0.2, 0.25) is 0 Å². The second-order valence-corrected chi connectivity index (χ2v) is 7.62. The van der Waals surface area contributed by atoms with Gasteiger partial charge < -0.3 is 19.9 Å². The zero-order valence-corrected chi connectivity index (χ0v) is 17.2. The van der Waals surface area contributed by atoms with Gasteiger partial charge in [0.15, 0.2) is 0 Å². The molecule has 3 rings (SSSR count). The van der Waals surface area contributed by atoms with E-state index < -0.39 is 0 Å². The third kappa shape index (κ3) is 5.81. The van der Waals surface area contributed by atoms with Crippen LogP contribution in [0.1, 0.15) is 27.9 Å². The van der Waals surface area contributed by atoms with E-state index in [4.69, 9.17) is 4.74 Å². The van der Waals surface area contributed by atoms with E-state index in [1.807, 2.05) is 49.4 Å². The maximum Gasteiger partial charge on any atom is 0.255 e. The molecule has 0 atom stereocenters. The predicted octanol–water partition coefficient (Wildman–Crippen LogP) is 3.57. The Balaban J connectivity index is 1.42. The smallest absolute Gasteiger partial charge is 0.255 e. The number of hydrogen-bond acceptors (Lipinski definition) is 4. The van der Waals surface area contributed by atoms with Crippen molar-refractivity contribution in [2.75, 3.05) is 51.7 Å². The first-order valence-corrected chi connectivity index (χ1v) is 10.0. The van der Waals surface area contributed by atoms with E-state index in [2.05, 4.69) is 29.1 Å². The molecular formula is C23H31N3O2. The molecule has 1 fully saturated rings. The predicted molar refractivity (Wildman–Crippen MR) is 114 cm³/mol. The number of carbonyl (C=O) groups excluding carboxylic acids is 1. The molecule has 0 spiro atoms. The minimum absolute atomic E-state index is 0.107. The average Bonchev–Trinajstić information content (AvgIpc) is 2.70. The molecule has 0 saturated carbocycles. The summed E-state index contributed by atoms with van der Waals surface area (Å²) in [6, 6.07) is 13.3. The van der Waals surface area contributed by atoms with E-state index in [-0.39, 0.29) is 5.91 Å². The van der Waals surface area contributed by atoms with Gasteiger partial charge in [-0.25, -0.2) is 0 Å². The van der Waals surface area contributed by atoms with Crippen molar-refractivity contribution in [3.63, 3.8) is 0 Å². The van der Waals surface area contributed by atoms with Crippen molar-refractivity contribution < 1.29 is 9.53 Å². The summed E-state index contributed by atoms with van der Waals surface area (Å²) in [7, 11) is 2.17. The molecule has 0 radical (unpaired) electrons. The Labute approximate surface area is 168 Å². The maximum absolute atomic E-state index is 12.4. The van der Waals surface area contributed by atoms with Crippen LogP contribution in [0.2, 0.25) is 0 Å². The van der Waals surface area contributed by atoms with Crippen molar-refractivity contribution in [2.24, 2.45) is 0 Å². The lowest BCUT2D eigenvalue weighted by Gasteiger charge is -2.32. The molecule has 5 nitrogen and oxygen atoms in total. The van der Waals surface area contributed by atoms with Crippen LogP contribution in [0.15, 0.2) is 42.5 Å². The van der Waals surface area contributed by atoms with Gasteiger partial charge in [-0.2, -0.15) is 0 Å². The van der Waals surface area contributed by atoms with E-state index in [0.29, 0.717) is 12.2 Å². The highest BCUT2D eigenvalue weighted by molar-refractivity contribution is 6.04. The summed E-state index contributed by atoms with van der Waals surface area (Å²) in [4.78, 5) is 17.3. The van der Waals surface area contributed by atoms with Crippen LogP contribution in [0.4, 0.5) is 5.69 Å². The second kappa shape index (κ2) is 9.71. The van der Waals surface area contributed by atoms with Gasteiger partial charge in [-0.1, -0.05) is 6.07 Å². The summed E-state index contributed by atoms with van der Waals surface area (Å²) in [5.74, 6) is 0.700. The number of rotatable bonds is 7. The highest BCUT2D eigenvalue weighted by Crippen LogP contribution is 2.17. The topological polar surface area (TPSA) is 44.8 Å². The number of nitrogens with one attached hydrogen (secondary N) is 1. The van der Waals surface area contributed by atoms with Crippen molar-refractivity contribution in [1.82, 2.24) is 9.80 Å². The number of amides is 1. The second-order valence-electron chi connectivity index (χ2n) is 7.62. The van der Waals surface area contributed by atoms with E-state index in [1.54, 1.807) is 0 Å². The van der Waals surface area contributed by atoms with E-state index in [9.17, 15) is 4.79 Å². The first kappa shape index (κ1) is 20.4. The van der Waals surface area contributed by atoms with Crippen LogP contribution in [0.3, 0.4) is 0 Å². The number of ether oxygens (including phenoxy) is 1. The average molecular weight is 382 g/mol. The summed E-state index contributed by atoms with van der Waals surface area (Å²) >= 11 is 0. The number of likely N-dealkylation sites (N-methyl/N-ethyl adjacent to an activating group) is 1. The van der Waals surface area contributed by atoms with E-state index in [0.717, 1.165) is 56.1 Å². The molecule has 0 unspecified atom stereocenters. The number of hydrogen-bond donors (Lipinski definition) is 1. The highest BCUT2D eigenvalue weighted by atomic mass is 16.5. The van der Waals surface area contributed by atoms with Crippen LogP contribution in [0.5, 0.6) is 5.75 Å². The SMILES string of the molecule is Cc1ccc(NC(=O)c2ccc(OCCCN3CCN(C)CC3)cc2)cc1C. The summed E-state index contributed by atoms with van der Waals surface area (Å²) in [5, 5.41) is 2.95. The lowest BCUT2D eigenvalue weighted by Crippen LogP contribution is -2.44. The molecule has 0 bridgehead atoms. The molecule has 150 valence electrons. The molecule has 28 heavy (non-hydrogen) atoms. The summed E-state index contributed by atoms with van der Waals surface area (Å²) in [6.07, 6.45) is 1.01. The maximum atomic E-state index is 12.4. The number of carbonyl (C=O) groups is 1. The lowest BCUT2D eigenvalue weighted by atomic mass is 10.1. The number of anilines is 1. The van der Waals surface area contributed by atoms with Crippen molar-refractivity contribution in [3.8, 4) is 5.75 Å². The zero-order valence-electron chi connectivity index (χ0n) is 17.2. The molecule has 2 aromatic rings. The number of piperazine rings is 1. The van der Waals surface area contributed by atoms with E-state index >= 15 is 0 Å². The Hall–Kier alpha value is -2.37. The van der Waals surface area contributed by atoms with Gasteiger partial charge in [0.05, 0.1) is 6.61 Å². The minimum atomic E-state index is -0.107. The quantitative estimate of drug-likeness (QED) is 0.745. The molecule has 1 heterocycles. The van der Waals surface area contributed by atoms with E-state index in [1.165, 1.54) is 5.56 Å². The van der Waals surface area contributed by atoms with Crippen LogP contribution in [-0.4, -0.2) is 62.1 Å². The van der Waals surface area contributed by atoms with Crippen LogP contribution in [0, 0.1) is 13.8 Å². The van der Waals surface area contributed by atoms with Crippen LogP contribution >= 0.6 is 0 Å². The third-order valence-corrected chi connectivity index (χ3v) is 5.36. The molecule has 1 amide bonds. The van der Waals surface area contributed by atoms with Crippen LogP contribution in [-0.2, 0) is 0 Å². The fourth-order valence-electron chi connectivity index (χ4n) is 3.27. The zero-order chi connectivity index (χ0) is 19.9. The van der Waals surface area contributed by atoms with Gasteiger partial charge >= 0.3 is 0 Å². The lowest BCUT2D eigenvalue weighted by molar-refractivity contribution is 0.102. The first-order valence-electron chi connectivity index (χ1n) is 10.0. The van der Waals surface area contributed by atoms with Gasteiger partial charge in [-0.05, 0) is 74.8 Å². The first-order chi connectivity index (χ1) is 13.5. The Bertz CT molecular complexity index is 781. The number of benzene rings is 2. The van der Waals surface area contributed by atoms with Gasteiger partial charge in [0.1, 0.15) is 5.75 Å². The van der Waals surface area contributed by atoms with Crippen molar-refractivity contribution in [3.05, 3.63) is 59.2 Å². The molecule has 1 N–H and O–H groups in total. The Kier molecular flexibility index (Phi) is 7.06. The van der Waals surface area contributed by atoms with Crippen LogP contribution < -0.4 is 10.1 Å². The van der Waals surface area contributed by atoms with Gasteiger partial charge in [0, 0.05) is 44.0 Å². The minimum Gasteiger partial charge on any atom is -0.494 e. The molecule has 1 aliphatic rings. The normalized spacial score (nSPS) is 15.4. The number of nitrogens with zero attached hydrogens (tertiary/aromatic N) is 2. The van der Waals surface area contributed by atoms with Crippen molar-refractivity contribution >= 4 is 11.6 Å².